The quantitative estimate of drug-likeness (QED) is 0.507. The van der Waals surface area contributed by atoms with Gasteiger partial charge in [-0.3, -0.25) is 4.40 Å². The van der Waals surface area contributed by atoms with Gasteiger partial charge >= 0.3 is 0 Å². The highest BCUT2D eigenvalue weighted by Crippen LogP contribution is 2.26. The number of aliphatic hydroxyl groups is 1. The number of anilines is 1. The number of aryl methyl sites for hydroxylation is 1. The number of hydrogen-bond acceptors (Lipinski definition) is 5. The average molecular weight is 408 g/mol. The molecule has 0 amide bonds. The topological polar surface area (TPSA) is 82.6 Å². The molecule has 0 bridgehead atoms. The number of rotatable bonds is 6. The van der Waals surface area contributed by atoms with Crippen molar-refractivity contribution in [1.82, 2.24) is 9.38 Å². The van der Waals surface area contributed by atoms with Crippen LogP contribution in [0.3, 0.4) is 0 Å². The van der Waals surface area contributed by atoms with E-state index in [-0.39, 0.29) is 18.9 Å². The summed E-state index contributed by atoms with van der Waals surface area (Å²) in [4.78, 5) is 4.57. The lowest BCUT2D eigenvalue weighted by Gasteiger charge is -2.16. The molecule has 4 rings (SSSR count). The van der Waals surface area contributed by atoms with E-state index in [4.69, 9.17) is 4.74 Å². The standard InChI is InChI=1S/C22H18F2N4O2/c1-13-8-21(26-11-14(29)12-30-15-6-7-17(23)18(24)9-15)28-20-5-3-2-4-19(20)27-22(28)16(13)10-25/h2-9,14,26,29H,11-12H2,1H3. The second kappa shape index (κ2) is 7.97. The molecular formula is C22H18F2N4O2. The minimum atomic E-state index is -1.01. The average Bonchev–Trinajstić information content (AvgIpc) is 3.12. The van der Waals surface area contributed by atoms with Gasteiger partial charge in [-0.25, -0.2) is 13.8 Å². The zero-order chi connectivity index (χ0) is 21.3. The molecule has 2 heterocycles. The minimum absolute atomic E-state index is 0.110. The third-order valence-corrected chi connectivity index (χ3v) is 4.74. The van der Waals surface area contributed by atoms with Gasteiger partial charge in [-0.05, 0) is 42.8 Å². The number of imidazole rings is 1. The second-order valence-corrected chi connectivity index (χ2v) is 6.88. The van der Waals surface area contributed by atoms with Crippen molar-refractivity contribution in [2.24, 2.45) is 0 Å². The lowest BCUT2D eigenvalue weighted by atomic mass is 10.1. The van der Waals surface area contributed by atoms with E-state index < -0.39 is 17.7 Å². The SMILES string of the molecule is Cc1cc(NCC(O)COc2ccc(F)c(F)c2)n2c(nc3ccccc32)c1C#N. The minimum Gasteiger partial charge on any atom is -0.491 e. The molecule has 0 aliphatic carbocycles. The summed E-state index contributed by atoms with van der Waals surface area (Å²) >= 11 is 0. The van der Waals surface area contributed by atoms with Crippen molar-refractivity contribution >= 4 is 22.5 Å². The highest BCUT2D eigenvalue weighted by atomic mass is 19.2. The molecule has 2 N–H and O–H groups in total. The third kappa shape index (κ3) is 3.63. The number of benzene rings is 2. The van der Waals surface area contributed by atoms with E-state index in [1.54, 1.807) is 0 Å². The molecule has 6 nitrogen and oxygen atoms in total. The van der Waals surface area contributed by atoms with Gasteiger partial charge in [-0.2, -0.15) is 5.26 Å². The normalized spacial score (nSPS) is 12.1. The summed E-state index contributed by atoms with van der Waals surface area (Å²) in [7, 11) is 0. The molecule has 0 fully saturated rings. The predicted octanol–water partition coefficient (Wildman–Crippen LogP) is 3.80. The van der Waals surface area contributed by atoms with E-state index in [2.05, 4.69) is 16.4 Å². The summed E-state index contributed by atoms with van der Waals surface area (Å²) < 4.78 is 33.4. The molecule has 152 valence electrons. The summed E-state index contributed by atoms with van der Waals surface area (Å²) in [5.74, 6) is -1.17. The van der Waals surface area contributed by atoms with Crippen molar-refractivity contribution < 1.29 is 18.6 Å². The van der Waals surface area contributed by atoms with Gasteiger partial charge in [0.2, 0.25) is 0 Å². The van der Waals surface area contributed by atoms with Crippen LogP contribution < -0.4 is 10.1 Å². The Balaban J connectivity index is 1.55. The maximum absolute atomic E-state index is 13.3. The van der Waals surface area contributed by atoms with Crippen molar-refractivity contribution in [2.75, 3.05) is 18.5 Å². The number of fused-ring (bicyclic) bond motifs is 3. The molecule has 0 aliphatic rings. The zero-order valence-electron chi connectivity index (χ0n) is 16.1. The highest BCUT2D eigenvalue weighted by molar-refractivity contribution is 5.85. The van der Waals surface area contributed by atoms with Crippen LogP contribution in [0.25, 0.3) is 16.7 Å². The maximum Gasteiger partial charge on any atom is 0.162 e. The molecule has 1 unspecified atom stereocenters. The first kappa shape index (κ1) is 19.6. The monoisotopic (exact) mass is 408 g/mol. The molecule has 4 aromatic rings. The zero-order valence-corrected chi connectivity index (χ0v) is 16.1. The summed E-state index contributed by atoms with van der Waals surface area (Å²) in [6.07, 6.45) is -0.918. The van der Waals surface area contributed by atoms with Gasteiger partial charge in [0.1, 0.15) is 30.3 Å². The third-order valence-electron chi connectivity index (χ3n) is 4.74. The smallest absolute Gasteiger partial charge is 0.162 e. The van der Waals surface area contributed by atoms with Gasteiger partial charge in [0.15, 0.2) is 17.3 Å². The Labute approximate surface area is 171 Å². The lowest BCUT2D eigenvalue weighted by molar-refractivity contribution is 0.117. The van der Waals surface area contributed by atoms with Gasteiger partial charge in [0.25, 0.3) is 0 Å². The van der Waals surface area contributed by atoms with Gasteiger partial charge in [0, 0.05) is 12.6 Å². The van der Waals surface area contributed by atoms with Crippen LogP contribution in [0.1, 0.15) is 11.1 Å². The molecule has 0 spiro atoms. The van der Waals surface area contributed by atoms with Crippen molar-refractivity contribution in [3.8, 4) is 11.8 Å². The molecule has 30 heavy (non-hydrogen) atoms. The van der Waals surface area contributed by atoms with E-state index >= 15 is 0 Å². The number of aliphatic hydroxyl groups excluding tert-OH is 1. The molecule has 0 saturated carbocycles. The van der Waals surface area contributed by atoms with Gasteiger partial charge in [-0.1, -0.05) is 12.1 Å². The fourth-order valence-corrected chi connectivity index (χ4v) is 3.26. The van der Waals surface area contributed by atoms with E-state index in [0.29, 0.717) is 17.0 Å². The highest BCUT2D eigenvalue weighted by Gasteiger charge is 2.16. The molecule has 1 atom stereocenters. The molecule has 0 radical (unpaired) electrons. The Bertz CT molecular complexity index is 1280. The maximum atomic E-state index is 13.3. The van der Waals surface area contributed by atoms with Crippen LogP contribution in [0.4, 0.5) is 14.6 Å². The van der Waals surface area contributed by atoms with Gasteiger partial charge in [-0.15, -0.1) is 0 Å². The fourth-order valence-electron chi connectivity index (χ4n) is 3.26. The number of nitriles is 1. The number of aromatic nitrogens is 2. The van der Waals surface area contributed by atoms with Crippen LogP contribution in [-0.4, -0.2) is 33.7 Å². The largest absolute Gasteiger partial charge is 0.491 e. The Hall–Kier alpha value is -3.70. The Morgan fingerprint density at radius 1 is 1.20 bits per heavy atom. The van der Waals surface area contributed by atoms with Crippen molar-refractivity contribution in [2.45, 2.75) is 13.0 Å². The summed E-state index contributed by atoms with van der Waals surface area (Å²) in [5, 5.41) is 23.0. The van der Waals surface area contributed by atoms with E-state index in [1.807, 2.05) is 41.7 Å². The number of nitrogens with zero attached hydrogens (tertiary/aromatic N) is 3. The number of hydrogen-bond donors (Lipinski definition) is 2. The van der Waals surface area contributed by atoms with Crippen LogP contribution in [0.2, 0.25) is 0 Å². The summed E-state index contributed by atoms with van der Waals surface area (Å²) in [6.45, 7) is 1.85. The van der Waals surface area contributed by atoms with Crippen molar-refractivity contribution in [3.63, 3.8) is 0 Å². The lowest BCUT2D eigenvalue weighted by Crippen LogP contribution is -2.27. The van der Waals surface area contributed by atoms with Crippen molar-refractivity contribution in [3.05, 3.63) is 71.3 Å². The van der Waals surface area contributed by atoms with E-state index in [1.165, 1.54) is 6.07 Å². The number of ether oxygens (including phenoxy) is 1. The van der Waals surface area contributed by atoms with E-state index in [0.717, 1.165) is 28.7 Å². The first-order valence-corrected chi connectivity index (χ1v) is 9.28. The van der Waals surface area contributed by atoms with Crippen LogP contribution in [0.15, 0.2) is 48.5 Å². The molecule has 0 saturated heterocycles. The number of nitrogens with one attached hydrogen (secondary N) is 1. The molecule has 2 aromatic heterocycles. The summed E-state index contributed by atoms with van der Waals surface area (Å²) in [5.41, 5.74) is 3.37. The molecular weight excluding hydrogens is 390 g/mol. The van der Waals surface area contributed by atoms with Crippen LogP contribution in [0, 0.1) is 29.9 Å². The Morgan fingerprint density at radius 3 is 2.77 bits per heavy atom. The predicted molar refractivity (Wildman–Crippen MR) is 108 cm³/mol. The first-order valence-electron chi connectivity index (χ1n) is 9.28. The van der Waals surface area contributed by atoms with Gasteiger partial charge < -0.3 is 15.2 Å². The first-order chi connectivity index (χ1) is 14.5. The number of halogens is 2. The van der Waals surface area contributed by atoms with Crippen LogP contribution in [-0.2, 0) is 0 Å². The van der Waals surface area contributed by atoms with Crippen molar-refractivity contribution in [1.29, 1.82) is 5.26 Å². The molecule has 2 aromatic carbocycles. The fraction of sp³-hybridized carbons (Fsp3) is 0.182. The van der Waals surface area contributed by atoms with E-state index in [9.17, 15) is 19.1 Å². The number of pyridine rings is 1. The van der Waals surface area contributed by atoms with Gasteiger partial charge in [0.05, 0.1) is 16.6 Å². The Morgan fingerprint density at radius 2 is 2.00 bits per heavy atom. The van der Waals surface area contributed by atoms with Crippen LogP contribution in [0.5, 0.6) is 5.75 Å². The second-order valence-electron chi connectivity index (χ2n) is 6.88. The number of para-hydroxylation sites is 2. The molecule has 8 heteroatoms. The Kier molecular flexibility index (Phi) is 5.21. The van der Waals surface area contributed by atoms with Crippen LogP contribution >= 0.6 is 0 Å². The molecule has 0 aliphatic heterocycles. The summed E-state index contributed by atoms with van der Waals surface area (Å²) in [6, 6.07) is 14.7.